The van der Waals surface area contributed by atoms with Crippen LogP contribution in [0.2, 0.25) is 0 Å². The lowest BCUT2D eigenvalue weighted by Crippen LogP contribution is -2.45. The minimum atomic E-state index is 0. The summed E-state index contributed by atoms with van der Waals surface area (Å²) in [4.78, 5) is 20.8. The molecule has 24 heavy (non-hydrogen) atoms. The Morgan fingerprint density at radius 1 is 1.25 bits per heavy atom. The van der Waals surface area contributed by atoms with Crippen molar-refractivity contribution in [2.24, 2.45) is 10.9 Å². The zero-order chi connectivity index (χ0) is 16.7. The van der Waals surface area contributed by atoms with Gasteiger partial charge in [0.2, 0.25) is 5.91 Å². The van der Waals surface area contributed by atoms with Gasteiger partial charge in [-0.3, -0.25) is 9.79 Å². The molecule has 2 fully saturated rings. The summed E-state index contributed by atoms with van der Waals surface area (Å²) in [6, 6.07) is 0.308. The molecule has 1 amide bonds. The molecule has 6 nitrogen and oxygen atoms in total. The summed E-state index contributed by atoms with van der Waals surface area (Å²) in [7, 11) is 1.81. The van der Waals surface area contributed by atoms with Gasteiger partial charge in [-0.05, 0) is 45.3 Å². The number of carbonyl (C=O) groups is 1. The lowest BCUT2D eigenvalue weighted by atomic mass is 10.2. The molecule has 2 saturated heterocycles. The predicted molar refractivity (Wildman–Crippen MR) is 110 cm³/mol. The molecule has 0 spiro atoms. The Hall–Kier alpha value is -0.570. The summed E-state index contributed by atoms with van der Waals surface area (Å²) < 4.78 is 0. The minimum absolute atomic E-state index is 0. The SMILES string of the molecule is CN=C(NCCCN1CCCC1)NC1CCN(C(=O)C(C)C)C1.I. The number of nitrogens with one attached hydrogen (secondary N) is 2. The van der Waals surface area contributed by atoms with Crippen LogP contribution in [0.4, 0.5) is 0 Å². The number of nitrogens with zero attached hydrogens (tertiary/aromatic N) is 3. The van der Waals surface area contributed by atoms with Crippen molar-refractivity contribution in [3.8, 4) is 0 Å². The monoisotopic (exact) mass is 451 g/mol. The maximum Gasteiger partial charge on any atom is 0.225 e. The Morgan fingerprint density at radius 2 is 1.96 bits per heavy atom. The molecule has 0 saturated carbocycles. The molecule has 2 aliphatic rings. The van der Waals surface area contributed by atoms with E-state index in [1.165, 1.54) is 32.5 Å². The van der Waals surface area contributed by atoms with Gasteiger partial charge in [0.05, 0.1) is 0 Å². The fourth-order valence-electron chi connectivity index (χ4n) is 3.35. The summed E-state index contributed by atoms with van der Waals surface area (Å²) in [5, 5.41) is 6.85. The summed E-state index contributed by atoms with van der Waals surface area (Å²) in [5.41, 5.74) is 0. The molecule has 1 atom stereocenters. The third-order valence-electron chi connectivity index (χ3n) is 4.70. The van der Waals surface area contributed by atoms with Gasteiger partial charge in [0, 0.05) is 38.6 Å². The van der Waals surface area contributed by atoms with E-state index in [2.05, 4.69) is 20.5 Å². The van der Waals surface area contributed by atoms with Crippen LogP contribution < -0.4 is 10.6 Å². The second kappa shape index (κ2) is 11.1. The van der Waals surface area contributed by atoms with Crippen molar-refractivity contribution in [2.45, 2.75) is 45.6 Å². The third kappa shape index (κ3) is 6.74. The summed E-state index contributed by atoms with van der Waals surface area (Å²) in [6.07, 6.45) is 4.84. The highest BCUT2D eigenvalue weighted by Crippen LogP contribution is 2.12. The van der Waals surface area contributed by atoms with Gasteiger partial charge in [-0.1, -0.05) is 13.8 Å². The summed E-state index contributed by atoms with van der Waals surface area (Å²) in [6.45, 7) is 10.2. The van der Waals surface area contributed by atoms with Crippen molar-refractivity contribution in [3.05, 3.63) is 0 Å². The van der Waals surface area contributed by atoms with Crippen molar-refractivity contribution in [1.29, 1.82) is 0 Å². The zero-order valence-corrected chi connectivity index (χ0v) is 17.7. The average molecular weight is 451 g/mol. The van der Waals surface area contributed by atoms with Crippen LogP contribution in [0.25, 0.3) is 0 Å². The van der Waals surface area contributed by atoms with Crippen molar-refractivity contribution in [1.82, 2.24) is 20.4 Å². The lowest BCUT2D eigenvalue weighted by molar-refractivity contribution is -0.133. The highest BCUT2D eigenvalue weighted by molar-refractivity contribution is 14.0. The van der Waals surface area contributed by atoms with Crippen molar-refractivity contribution >= 4 is 35.8 Å². The number of aliphatic imine (C=N–C) groups is 1. The van der Waals surface area contributed by atoms with E-state index in [-0.39, 0.29) is 35.8 Å². The highest BCUT2D eigenvalue weighted by Gasteiger charge is 2.27. The number of halogens is 1. The highest BCUT2D eigenvalue weighted by atomic mass is 127. The van der Waals surface area contributed by atoms with E-state index in [0.29, 0.717) is 6.04 Å². The molecule has 0 aromatic rings. The molecule has 0 aromatic heterocycles. The van der Waals surface area contributed by atoms with Gasteiger partial charge in [0.15, 0.2) is 5.96 Å². The molecule has 2 N–H and O–H groups in total. The second-order valence-corrected chi connectivity index (χ2v) is 6.97. The van der Waals surface area contributed by atoms with E-state index in [9.17, 15) is 4.79 Å². The van der Waals surface area contributed by atoms with Gasteiger partial charge in [-0.2, -0.15) is 0 Å². The molecule has 7 heteroatoms. The topological polar surface area (TPSA) is 60.0 Å². The summed E-state index contributed by atoms with van der Waals surface area (Å²) in [5.74, 6) is 1.19. The fraction of sp³-hybridized carbons (Fsp3) is 0.882. The van der Waals surface area contributed by atoms with E-state index in [1.54, 1.807) is 0 Å². The Balaban J connectivity index is 0.00000288. The number of amides is 1. The maximum atomic E-state index is 12.0. The van der Waals surface area contributed by atoms with Crippen LogP contribution in [0, 0.1) is 5.92 Å². The van der Waals surface area contributed by atoms with Gasteiger partial charge >= 0.3 is 0 Å². The van der Waals surface area contributed by atoms with Crippen LogP contribution in [0.1, 0.15) is 39.5 Å². The standard InChI is InChI=1S/C17H33N5O.HI/c1-14(2)16(23)22-12-7-15(13-22)20-17(18-3)19-8-6-11-21-9-4-5-10-21;/h14-15H,4-13H2,1-3H3,(H2,18,19,20);1H. The molecule has 0 aliphatic carbocycles. The molecular weight excluding hydrogens is 417 g/mol. The normalized spacial score (nSPS) is 21.9. The van der Waals surface area contributed by atoms with Gasteiger partial charge in [0.25, 0.3) is 0 Å². The number of carbonyl (C=O) groups excluding carboxylic acids is 1. The van der Waals surface area contributed by atoms with E-state index in [0.717, 1.165) is 38.4 Å². The van der Waals surface area contributed by atoms with E-state index in [4.69, 9.17) is 0 Å². The first-order valence-corrected chi connectivity index (χ1v) is 9.08. The van der Waals surface area contributed by atoms with Crippen molar-refractivity contribution < 1.29 is 4.79 Å². The molecular formula is C17H34IN5O. The minimum Gasteiger partial charge on any atom is -0.356 e. The van der Waals surface area contributed by atoms with Crippen LogP contribution in [-0.2, 0) is 4.79 Å². The van der Waals surface area contributed by atoms with Crippen LogP contribution >= 0.6 is 24.0 Å². The molecule has 2 aliphatic heterocycles. The summed E-state index contributed by atoms with van der Waals surface area (Å²) >= 11 is 0. The first-order chi connectivity index (χ1) is 11.1. The van der Waals surface area contributed by atoms with Crippen LogP contribution in [0.15, 0.2) is 4.99 Å². The maximum absolute atomic E-state index is 12.0. The van der Waals surface area contributed by atoms with Crippen molar-refractivity contribution in [3.63, 3.8) is 0 Å². The van der Waals surface area contributed by atoms with Gasteiger partial charge in [-0.25, -0.2) is 0 Å². The number of rotatable bonds is 6. The third-order valence-corrected chi connectivity index (χ3v) is 4.70. The molecule has 1 unspecified atom stereocenters. The first-order valence-electron chi connectivity index (χ1n) is 9.08. The average Bonchev–Trinajstić information content (AvgIpc) is 3.21. The van der Waals surface area contributed by atoms with E-state index in [1.807, 2.05) is 25.8 Å². The smallest absolute Gasteiger partial charge is 0.225 e. The van der Waals surface area contributed by atoms with Gasteiger partial charge < -0.3 is 20.4 Å². The fourth-order valence-corrected chi connectivity index (χ4v) is 3.35. The Kier molecular flexibility index (Phi) is 9.95. The molecule has 2 rings (SSSR count). The lowest BCUT2D eigenvalue weighted by Gasteiger charge is -2.20. The Bertz CT molecular complexity index is 410. The van der Waals surface area contributed by atoms with Crippen LogP contribution in [0.5, 0.6) is 0 Å². The van der Waals surface area contributed by atoms with Gasteiger partial charge in [0.1, 0.15) is 0 Å². The number of hydrogen-bond donors (Lipinski definition) is 2. The quantitative estimate of drug-likeness (QED) is 0.278. The zero-order valence-electron chi connectivity index (χ0n) is 15.4. The molecule has 0 aromatic carbocycles. The Labute approximate surface area is 163 Å². The van der Waals surface area contributed by atoms with Gasteiger partial charge in [-0.15, -0.1) is 24.0 Å². The van der Waals surface area contributed by atoms with E-state index >= 15 is 0 Å². The van der Waals surface area contributed by atoms with Crippen LogP contribution in [-0.4, -0.2) is 74.0 Å². The second-order valence-electron chi connectivity index (χ2n) is 6.97. The molecule has 0 bridgehead atoms. The first kappa shape index (κ1) is 21.5. The number of guanidine groups is 1. The van der Waals surface area contributed by atoms with Crippen molar-refractivity contribution in [2.75, 3.05) is 46.3 Å². The number of likely N-dealkylation sites (tertiary alicyclic amines) is 2. The molecule has 2 heterocycles. The van der Waals surface area contributed by atoms with Crippen LogP contribution in [0.3, 0.4) is 0 Å². The Morgan fingerprint density at radius 3 is 2.58 bits per heavy atom. The number of hydrogen-bond acceptors (Lipinski definition) is 3. The predicted octanol–water partition coefficient (Wildman–Crippen LogP) is 1.51. The largest absolute Gasteiger partial charge is 0.356 e. The van der Waals surface area contributed by atoms with E-state index < -0.39 is 0 Å². The molecule has 0 radical (unpaired) electrons. The molecule has 140 valence electrons.